The Morgan fingerprint density at radius 1 is 1.18 bits per heavy atom. The average Bonchev–Trinajstić information content (AvgIpc) is 2.69. The van der Waals surface area contributed by atoms with Crippen LogP contribution >= 0.6 is 23.2 Å². The van der Waals surface area contributed by atoms with Crippen LogP contribution in [0.1, 0.15) is 15.9 Å². The minimum absolute atomic E-state index is 0.186. The molecule has 28 heavy (non-hydrogen) atoms. The van der Waals surface area contributed by atoms with Crippen molar-refractivity contribution in [2.75, 3.05) is 18.2 Å². The fourth-order valence-corrected chi connectivity index (χ4v) is 2.98. The van der Waals surface area contributed by atoms with Crippen molar-refractivity contribution in [2.45, 2.75) is 0 Å². The summed E-state index contributed by atoms with van der Waals surface area (Å²) in [4.78, 5) is 16.8. The number of carbonyl (C=O) groups is 1. The first-order valence-electron chi connectivity index (χ1n) is 8.31. The van der Waals surface area contributed by atoms with Gasteiger partial charge in [-0.25, -0.2) is 4.98 Å². The number of ether oxygens (including phenoxy) is 1. The third kappa shape index (κ3) is 4.63. The van der Waals surface area contributed by atoms with Crippen LogP contribution in [-0.4, -0.2) is 17.9 Å². The highest BCUT2D eigenvalue weighted by molar-refractivity contribution is 6.36. The van der Waals surface area contributed by atoms with E-state index in [1.54, 1.807) is 54.7 Å². The van der Waals surface area contributed by atoms with Crippen LogP contribution in [0, 0.1) is 0 Å². The summed E-state index contributed by atoms with van der Waals surface area (Å²) in [6.45, 7) is 0. The Morgan fingerprint density at radius 3 is 2.71 bits per heavy atom. The van der Waals surface area contributed by atoms with Gasteiger partial charge in [-0.15, -0.1) is 0 Å². The van der Waals surface area contributed by atoms with Crippen molar-refractivity contribution in [2.24, 2.45) is 0 Å². The zero-order valence-corrected chi connectivity index (χ0v) is 16.5. The first-order valence-corrected chi connectivity index (χ1v) is 9.06. The number of nitrogens with zero attached hydrogens (tertiary/aromatic N) is 1. The van der Waals surface area contributed by atoms with Crippen molar-refractivity contribution < 1.29 is 9.53 Å². The van der Waals surface area contributed by atoms with Gasteiger partial charge >= 0.3 is 0 Å². The van der Waals surface area contributed by atoms with E-state index in [4.69, 9.17) is 33.7 Å². The van der Waals surface area contributed by atoms with Gasteiger partial charge in [0.15, 0.2) is 5.78 Å². The van der Waals surface area contributed by atoms with Gasteiger partial charge in [0.1, 0.15) is 11.6 Å². The molecule has 3 N–H and O–H groups in total. The van der Waals surface area contributed by atoms with E-state index in [9.17, 15) is 4.79 Å². The largest absolute Gasteiger partial charge is 0.495 e. The van der Waals surface area contributed by atoms with Crippen molar-refractivity contribution in [3.8, 4) is 5.75 Å². The number of anilines is 3. The maximum Gasteiger partial charge on any atom is 0.185 e. The summed E-state index contributed by atoms with van der Waals surface area (Å²) in [7, 11) is 1.52. The van der Waals surface area contributed by atoms with Gasteiger partial charge in [0.05, 0.1) is 23.5 Å². The number of pyridine rings is 1. The topological polar surface area (TPSA) is 77.2 Å². The van der Waals surface area contributed by atoms with E-state index in [2.05, 4.69) is 10.3 Å². The molecule has 1 aromatic heterocycles. The van der Waals surface area contributed by atoms with Gasteiger partial charge in [-0.3, -0.25) is 4.79 Å². The highest BCUT2D eigenvalue weighted by atomic mass is 35.5. The zero-order chi connectivity index (χ0) is 20.1. The average molecular weight is 414 g/mol. The molecule has 0 atom stereocenters. The molecule has 0 spiro atoms. The molecule has 0 amide bonds. The van der Waals surface area contributed by atoms with Crippen LogP contribution in [-0.2, 0) is 0 Å². The van der Waals surface area contributed by atoms with Crippen LogP contribution in [0.15, 0.2) is 60.8 Å². The zero-order valence-electron chi connectivity index (χ0n) is 14.9. The lowest BCUT2D eigenvalue weighted by Gasteiger charge is -2.10. The number of rotatable bonds is 6. The molecule has 0 aliphatic rings. The molecular weight excluding hydrogens is 397 g/mol. The Kier molecular flexibility index (Phi) is 6.19. The molecule has 1 heterocycles. The summed E-state index contributed by atoms with van der Waals surface area (Å²) in [6.07, 6.45) is 4.80. The number of hydrogen-bond donors (Lipinski definition) is 2. The lowest BCUT2D eigenvalue weighted by Crippen LogP contribution is -1.99. The lowest BCUT2D eigenvalue weighted by molar-refractivity contribution is 0.104. The second kappa shape index (κ2) is 8.78. The van der Waals surface area contributed by atoms with Gasteiger partial charge in [0.25, 0.3) is 0 Å². The molecule has 0 unspecified atom stereocenters. The first-order chi connectivity index (χ1) is 13.5. The van der Waals surface area contributed by atoms with Crippen molar-refractivity contribution in [3.05, 3.63) is 82.0 Å². The molecule has 2 aromatic carbocycles. The first kappa shape index (κ1) is 19.7. The molecule has 5 nitrogen and oxygen atoms in total. The number of nitrogens with two attached hydrogens (primary N) is 1. The van der Waals surface area contributed by atoms with Crippen LogP contribution < -0.4 is 15.8 Å². The smallest absolute Gasteiger partial charge is 0.185 e. The maximum absolute atomic E-state index is 12.5. The molecule has 3 aromatic rings. The minimum atomic E-state index is -0.186. The van der Waals surface area contributed by atoms with Gasteiger partial charge in [-0.1, -0.05) is 23.2 Å². The van der Waals surface area contributed by atoms with E-state index in [0.29, 0.717) is 38.6 Å². The lowest BCUT2D eigenvalue weighted by atomic mass is 10.1. The Hall–Kier alpha value is -3.02. The molecule has 7 heteroatoms. The molecule has 0 bridgehead atoms. The number of allylic oxidation sites excluding steroid dienone is 1. The minimum Gasteiger partial charge on any atom is -0.495 e. The van der Waals surface area contributed by atoms with Crippen LogP contribution in [0.5, 0.6) is 5.75 Å². The van der Waals surface area contributed by atoms with E-state index in [1.807, 2.05) is 6.07 Å². The molecular formula is C21H17Cl2N3O2. The fraction of sp³-hybridized carbons (Fsp3) is 0.0476. The third-order valence-corrected chi connectivity index (χ3v) is 4.50. The highest BCUT2D eigenvalue weighted by Gasteiger charge is 2.08. The summed E-state index contributed by atoms with van der Waals surface area (Å²) < 4.78 is 5.11. The molecule has 0 aliphatic heterocycles. The van der Waals surface area contributed by atoms with E-state index in [1.165, 1.54) is 13.2 Å². The summed E-state index contributed by atoms with van der Waals surface area (Å²) in [5.74, 6) is 0.901. The Morgan fingerprint density at radius 2 is 2.00 bits per heavy atom. The number of halogens is 2. The molecule has 0 saturated carbocycles. The molecule has 0 fully saturated rings. The van der Waals surface area contributed by atoms with E-state index in [0.717, 1.165) is 5.56 Å². The highest BCUT2D eigenvalue weighted by Crippen LogP contribution is 2.29. The van der Waals surface area contributed by atoms with Crippen molar-refractivity contribution >= 4 is 52.3 Å². The quantitative estimate of drug-likeness (QED) is 0.311. The van der Waals surface area contributed by atoms with Crippen LogP contribution in [0.3, 0.4) is 0 Å². The van der Waals surface area contributed by atoms with Gasteiger partial charge in [-0.2, -0.15) is 0 Å². The number of hydrogen-bond acceptors (Lipinski definition) is 5. The Bertz CT molecular complexity index is 1050. The number of ketones is 1. The summed E-state index contributed by atoms with van der Waals surface area (Å²) in [6, 6.07) is 13.7. The summed E-state index contributed by atoms with van der Waals surface area (Å²) >= 11 is 12.1. The van der Waals surface area contributed by atoms with Crippen molar-refractivity contribution in [1.82, 2.24) is 4.98 Å². The molecule has 3 rings (SSSR count). The Balaban J connectivity index is 1.82. The number of carbonyl (C=O) groups excluding carboxylic acids is 1. The number of methoxy groups -OCH3 is 1. The number of nitrogen functional groups attached to an aromatic ring is 1. The maximum atomic E-state index is 12.5. The normalized spacial score (nSPS) is 10.8. The van der Waals surface area contributed by atoms with E-state index in [-0.39, 0.29) is 5.78 Å². The van der Waals surface area contributed by atoms with Crippen molar-refractivity contribution in [3.63, 3.8) is 0 Å². The standard InChI is InChI=1S/C21H17Cl2N3O2/c1-28-20-9-5-14(11-17(20)24)19(27)8-4-13-3-2-10-25-21(13)26-18-7-6-15(22)12-16(18)23/h2-12H,24H2,1H3,(H,25,26)/b8-4+. The second-order valence-electron chi connectivity index (χ2n) is 5.84. The van der Waals surface area contributed by atoms with Crippen molar-refractivity contribution in [1.29, 1.82) is 0 Å². The number of benzene rings is 2. The molecule has 0 saturated heterocycles. The molecule has 0 aliphatic carbocycles. The molecule has 0 radical (unpaired) electrons. The number of aromatic nitrogens is 1. The Labute approximate surface area is 172 Å². The summed E-state index contributed by atoms with van der Waals surface area (Å²) in [5.41, 5.74) is 8.13. The van der Waals surface area contributed by atoms with E-state index < -0.39 is 0 Å². The van der Waals surface area contributed by atoms with Crippen LogP contribution in [0.25, 0.3) is 6.08 Å². The van der Waals surface area contributed by atoms with Crippen LogP contribution in [0.4, 0.5) is 17.2 Å². The van der Waals surface area contributed by atoms with Gasteiger partial charge in [0.2, 0.25) is 0 Å². The molecule has 142 valence electrons. The predicted octanol–water partition coefficient (Wildman–Crippen LogP) is 5.62. The van der Waals surface area contributed by atoms with Gasteiger partial charge in [0, 0.05) is 22.3 Å². The monoisotopic (exact) mass is 413 g/mol. The fourth-order valence-electron chi connectivity index (χ4n) is 2.52. The van der Waals surface area contributed by atoms with Crippen LogP contribution in [0.2, 0.25) is 10.0 Å². The second-order valence-corrected chi connectivity index (χ2v) is 6.69. The third-order valence-electron chi connectivity index (χ3n) is 3.95. The van der Waals surface area contributed by atoms with E-state index >= 15 is 0 Å². The van der Waals surface area contributed by atoms with Gasteiger partial charge < -0.3 is 15.8 Å². The number of nitrogens with one attached hydrogen (secondary N) is 1. The SMILES string of the molecule is COc1ccc(C(=O)/C=C/c2cccnc2Nc2ccc(Cl)cc2Cl)cc1N. The summed E-state index contributed by atoms with van der Waals surface area (Å²) in [5, 5.41) is 4.17. The van der Waals surface area contributed by atoms with Gasteiger partial charge in [-0.05, 0) is 60.7 Å². The predicted molar refractivity (Wildman–Crippen MR) is 115 cm³/mol.